The van der Waals surface area contributed by atoms with E-state index in [1.807, 2.05) is 30.1 Å². The van der Waals surface area contributed by atoms with Crippen LogP contribution in [0.3, 0.4) is 0 Å². The van der Waals surface area contributed by atoms with E-state index in [0.717, 1.165) is 38.2 Å². The second kappa shape index (κ2) is 9.72. The number of nitrogens with zero attached hydrogens (tertiary/aromatic N) is 2. The van der Waals surface area contributed by atoms with Crippen molar-refractivity contribution in [3.05, 3.63) is 51.8 Å². The first kappa shape index (κ1) is 19.6. The van der Waals surface area contributed by atoms with Gasteiger partial charge in [-0.3, -0.25) is 10.00 Å². The standard InChI is InChI=1S/C19H25Cl2N3O2/c1-24-11-16(9-23-24)17(14-5-7-25-8-6-14)10-22-13-26-12-15-3-2-4-18(20)19(15)21/h2-4,9,11,14,17,22H,5-8,10,12-13H2,1H3. The van der Waals surface area contributed by atoms with Gasteiger partial charge in [-0.15, -0.1) is 0 Å². The molecule has 1 aromatic heterocycles. The van der Waals surface area contributed by atoms with Crippen molar-refractivity contribution in [2.45, 2.75) is 25.4 Å². The maximum atomic E-state index is 6.19. The fourth-order valence-electron chi connectivity index (χ4n) is 3.41. The van der Waals surface area contributed by atoms with Crippen molar-refractivity contribution in [3.63, 3.8) is 0 Å². The third-order valence-corrected chi connectivity index (χ3v) is 5.70. The van der Waals surface area contributed by atoms with Crippen molar-refractivity contribution in [1.82, 2.24) is 15.1 Å². The van der Waals surface area contributed by atoms with E-state index >= 15 is 0 Å². The minimum atomic E-state index is 0.408. The van der Waals surface area contributed by atoms with E-state index in [4.69, 9.17) is 32.7 Å². The van der Waals surface area contributed by atoms with E-state index < -0.39 is 0 Å². The first-order valence-corrected chi connectivity index (χ1v) is 9.68. The highest BCUT2D eigenvalue weighted by atomic mass is 35.5. The van der Waals surface area contributed by atoms with Crippen LogP contribution in [0.5, 0.6) is 0 Å². The fourth-order valence-corrected chi connectivity index (χ4v) is 3.79. The summed E-state index contributed by atoms with van der Waals surface area (Å²) in [5.41, 5.74) is 2.17. The summed E-state index contributed by atoms with van der Waals surface area (Å²) in [6.07, 6.45) is 6.24. The maximum absolute atomic E-state index is 6.19. The van der Waals surface area contributed by atoms with Gasteiger partial charge in [-0.2, -0.15) is 5.10 Å². The summed E-state index contributed by atoms with van der Waals surface area (Å²) < 4.78 is 13.1. The van der Waals surface area contributed by atoms with Gasteiger partial charge in [0.15, 0.2) is 0 Å². The molecular formula is C19H25Cl2N3O2. The lowest BCUT2D eigenvalue weighted by atomic mass is 9.82. The summed E-state index contributed by atoms with van der Waals surface area (Å²) in [6.45, 7) is 3.42. The number of halogens is 2. The van der Waals surface area contributed by atoms with E-state index in [1.165, 1.54) is 5.56 Å². The van der Waals surface area contributed by atoms with Crippen molar-refractivity contribution in [1.29, 1.82) is 0 Å². The smallest absolute Gasteiger partial charge is 0.0970 e. The number of ether oxygens (including phenoxy) is 2. The second-order valence-corrected chi connectivity index (χ2v) is 7.45. The molecule has 1 N–H and O–H groups in total. The zero-order valence-electron chi connectivity index (χ0n) is 15.0. The van der Waals surface area contributed by atoms with Gasteiger partial charge in [0.2, 0.25) is 0 Å². The summed E-state index contributed by atoms with van der Waals surface area (Å²) >= 11 is 12.2. The predicted octanol–water partition coefficient (Wildman–Crippen LogP) is 4.00. The quantitative estimate of drug-likeness (QED) is 0.540. The van der Waals surface area contributed by atoms with Crippen molar-refractivity contribution in [3.8, 4) is 0 Å². The Bertz CT molecular complexity index is 702. The SMILES string of the molecule is Cn1cc(C(CNCOCc2cccc(Cl)c2Cl)C2CCOCC2)cn1. The molecular weight excluding hydrogens is 373 g/mol. The number of rotatable bonds is 8. The van der Waals surface area contributed by atoms with Gasteiger partial charge >= 0.3 is 0 Å². The van der Waals surface area contributed by atoms with Gasteiger partial charge in [0.25, 0.3) is 0 Å². The van der Waals surface area contributed by atoms with Gasteiger partial charge < -0.3 is 9.47 Å². The molecule has 7 heteroatoms. The molecule has 0 bridgehead atoms. The Morgan fingerprint density at radius 2 is 2.15 bits per heavy atom. The molecule has 1 aromatic carbocycles. The maximum Gasteiger partial charge on any atom is 0.0970 e. The predicted molar refractivity (Wildman–Crippen MR) is 104 cm³/mol. The molecule has 5 nitrogen and oxygen atoms in total. The molecule has 0 amide bonds. The zero-order valence-corrected chi connectivity index (χ0v) is 16.5. The van der Waals surface area contributed by atoms with Crippen molar-refractivity contribution in [2.24, 2.45) is 13.0 Å². The highest BCUT2D eigenvalue weighted by Gasteiger charge is 2.26. The van der Waals surface area contributed by atoms with Gasteiger partial charge in [0.1, 0.15) is 0 Å². The van der Waals surface area contributed by atoms with Crippen LogP contribution in [0.1, 0.15) is 29.9 Å². The van der Waals surface area contributed by atoms with Gasteiger partial charge in [-0.05, 0) is 36.0 Å². The molecule has 1 aliphatic rings. The van der Waals surface area contributed by atoms with Crippen molar-refractivity contribution < 1.29 is 9.47 Å². The third-order valence-electron chi connectivity index (χ3n) is 4.85. The first-order valence-electron chi connectivity index (χ1n) is 8.93. The van der Waals surface area contributed by atoms with Crippen LogP contribution in [-0.2, 0) is 23.1 Å². The van der Waals surface area contributed by atoms with Gasteiger partial charge in [0.05, 0.1) is 29.6 Å². The Morgan fingerprint density at radius 3 is 2.88 bits per heavy atom. The minimum absolute atomic E-state index is 0.408. The lowest BCUT2D eigenvalue weighted by molar-refractivity contribution is 0.0542. The third kappa shape index (κ3) is 5.21. The molecule has 0 saturated carbocycles. The lowest BCUT2D eigenvalue weighted by Gasteiger charge is -2.30. The number of nitrogens with one attached hydrogen (secondary N) is 1. The van der Waals surface area contributed by atoms with Crippen LogP contribution in [0, 0.1) is 5.92 Å². The molecule has 1 aliphatic heterocycles. The van der Waals surface area contributed by atoms with E-state index in [2.05, 4.69) is 16.6 Å². The van der Waals surface area contributed by atoms with Gasteiger partial charge in [0, 0.05) is 38.9 Å². The molecule has 1 atom stereocenters. The molecule has 2 heterocycles. The molecule has 1 saturated heterocycles. The van der Waals surface area contributed by atoms with Crippen LogP contribution in [0.2, 0.25) is 10.0 Å². The van der Waals surface area contributed by atoms with Crippen molar-refractivity contribution >= 4 is 23.2 Å². The number of aromatic nitrogens is 2. The molecule has 142 valence electrons. The van der Waals surface area contributed by atoms with E-state index in [-0.39, 0.29) is 0 Å². The average molecular weight is 398 g/mol. The molecule has 2 aromatic rings. The first-order chi connectivity index (χ1) is 12.6. The van der Waals surface area contributed by atoms with Crippen LogP contribution in [0.4, 0.5) is 0 Å². The largest absolute Gasteiger partial charge is 0.381 e. The van der Waals surface area contributed by atoms with Crippen molar-refractivity contribution in [2.75, 3.05) is 26.5 Å². The molecule has 0 spiro atoms. The lowest BCUT2D eigenvalue weighted by Crippen LogP contribution is -2.31. The monoisotopic (exact) mass is 397 g/mol. The molecule has 26 heavy (non-hydrogen) atoms. The molecule has 1 fully saturated rings. The summed E-state index contributed by atoms with van der Waals surface area (Å²) in [6, 6.07) is 5.58. The van der Waals surface area contributed by atoms with Gasteiger partial charge in [-0.25, -0.2) is 0 Å². The average Bonchev–Trinajstić information content (AvgIpc) is 3.08. The summed E-state index contributed by atoms with van der Waals surface area (Å²) in [4.78, 5) is 0. The highest BCUT2D eigenvalue weighted by Crippen LogP contribution is 2.31. The number of benzene rings is 1. The van der Waals surface area contributed by atoms with Crippen LogP contribution in [0.15, 0.2) is 30.6 Å². The van der Waals surface area contributed by atoms with Crippen LogP contribution in [0.25, 0.3) is 0 Å². The summed E-state index contributed by atoms with van der Waals surface area (Å²) in [5.74, 6) is 1.01. The normalized spacial score (nSPS) is 16.7. The fraction of sp³-hybridized carbons (Fsp3) is 0.526. The Balaban J connectivity index is 1.50. The van der Waals surface area contributed by atoms with E-state index in [0.29, 0.717) is 35.2 Å². The second-order valence-electron chi connectivity index (χ2n) is 6.66. The summed E-state index contributed by atoms with van der Waals surface area (Å²) in [7, 11) is 1.95. The highest BCUT2D eigenvalue weighted by molar-refractivity contribution is 6.42. The number of hydrogen-bond donors (Lipinski definition) is 1. The van der Waals surface area contributed by atoms with Gasteiger partial charge in [-0.1, -0.05) is 35.3 Å². The minimum Gasteiger partial charge on any atom is -0.381 e. The van der Waals surface area contributed by atoms with E-state index in [1.54, 1.807) is 6.07 Å². The Labute approximate surface area is 164 Å². The molecule has 0 radical (unpaired) electrons. The Hall–Kier alpha value is -1.11. The van der Waals surface area contributed by atoms with Crippen LogP contribution in [-0.4, -0.2) is 36.3 Å². The van der Waals surface area contributed by atoms with Crippen LogP contribution >= 0.6 is 23.2 Å². The summed E-state index contributed by atoms with van der Waals surface area (Å²) in [5, 5.41) is 8.86. The Kier molecular flexibility index (Phi) is 7.34. The zero-order chi connectivity index (χ0) is 18.4. The molecule has 1 unspecified atom stereocenters. The Morgan fingerprint density at radius 1 is 1.35 bits per heavy atom. The number of hydrogen-bond acceptors (Lipinski definition) is 4. The topological polar surface area (TPSA) is 48.3 Å². The van der Waals surface area contributed by atoms with E-state index in [9.17, 15) is 0 Å². The number of aryl methyl sites for hydroxylation is 1. The molecule has 3 rings (SSSR count). The molecule has 0 aliphatic carbocycles. The van der Waals surface area contributed by atoms with Crippen LogP contribution < -0.4 is 5.32 Å².